The summed E-state index contributed by atoms with van der Waals surface area (Å²) in [5.41, 5.74) is 2.26. The van der Waals surface area contributed by atoms with Gasteiger partial charge in [0, 0.05) is 32.7 Å². The van der Waals surface area contributed by atoms with Gasteiger partial charge in [-0.05, 0) is 36.1 Å². The Bertz CT molecular complexity index is 1550. The van der Waals surface area contributed by atoms with Crippen LogP contribution in [0.4, 0.5) is 0 Å². The maximum Gasteiger partial charge on any atom is 0.135 e. The van der Waals surface area contributed by atoms with E-state index in [-0.39, 0.29) is 0 Å². The second-order valence-electron chi connectivity index (χ2n) is 11.3. The fraction of sp³-hybridized carbons (Fsp3) is 0.385. The fourth-order valence-corrected chi connectivity index (χ4v) is 5.90. The summed E-state index contributed by atoms with van der Waals surface area (Å²) in [6.45, 7) is 8.81. The van der Waals surface area contributed by atoms with Gasteiger partial charge < -0.3 is 14.2 Å². The zero-order valence-electron chi connectivity index (χ0n) is 25.7. The van der Waals surface area contributed by atoms with E-state index in [1.165, 1.54) is 42.0 Å². The molecule has 0 aliphatic heterocycles. The lowest BCUT2D eigenvalue weighted by molar-refractivity contribution is 0.304. The van der Waals surface area contributed by atoms with Crippen molar-refractivity contribution in [2.24, 2.45) is 0 Å². The van der Waals surface area contributed by atoms with Crippen molar-refractivity contribution in [3.63, 3.8) is 0 Å². The Kier molecular flexibility index (Phi) is 10.6. The van der Waals surface area contributed by atoms with Gasteiger partial charge >= 0.3 is 0 Å². The minimum Gasteiger partial charge on any atom is -0.493 e. The summed E-state index contributed by atoms with van der Waals surface area (Å²) >= 11 is 0. The largest absolute Gasteiger partial charge is 0.493 e. The first-order valence-electron chi connectivity index (χ1n) is 16.2. The number of ether oxygens (including phenoxy) is 3. The quantitative estimate of drug-likeness (QED) is 0.0884. The molecule has 5 aromatic rings. The Hall–Kier alpha value is -3.72. The van der Waals surface area contributed by atoms with Crippen LogP contribution in [0.15, 0.2) is 78.9 Å². The lowest BCUT2D eigenvalue weighted by Crippen LogP contribution is -2.03. The average Bonchev–Trinajstić information content (AvgIpc) is 3.03. The van der Waals surface area contributed by atoms with Gasteiger partial charge in [-0.1, -0.05) is 132 Å². The van der Waals surface area contributed by atoms with Gasteiger partial charge in [0.05, 0.1) is 19.8 Å². The van der Waals surface area contributed by atoms with Crippen LogP contribution < -0.4 is 14.2 Å². The lowest BCUT2D eigenvalue weighted by Gasteiger charge is -2.22. The van der Waals surface area contributed by atoms with Gasteiger partial charge in [0.15, 0.2) is 0 Å². The van der Waals surface area contributed by atoms with E-state index in [9.17, 15) is 0 Å². The molecule has 0 saturated heterocycles. The van der Waals surface area contributed by atoms with Gasteiger partial charge in [-0.15, -0.1) is 0 Å². The molecule has 0 heterocycles. The van der Waals surface area contributed by atoms with Crippen molar-refractivity contribution in [3.05, 3.63) is 78.9 Å². The highest BCUT2D eigenvalue weighted by atomic mass is 16.5. The molecule has 0 unspecified atom stereocenters. The van der Waals surface area contributed by atoms with Gasteiger partial charge in [-0.3, -0.25) is 0 Å². The molecule has 0 fully saturated rings. The van der Waals surface area contributed by atoms with E-state index >= 15 is 0 Å². The minimum absolute atomic E-state index is 0.691. The molecule has 0 aliphatic carbocycles. The topological polar surface area (TPSA) is 27.7 Å². The van der Waals surface area contributed by atoms with Crippen LogP contribution in [0.3, 0.4) is 0 Å². The molecule has 3 nitrogen and oxygen atoms in total. The maximum absolute atomic E-state index is 6.74. The second kappa shape index (κ2) is 15.0. The zero-order chi connectivity index (χ0) is 29.1. The molecule has 0 atom stereocenters. The van der Waals surface area contributed by atoms with Crippen molar-refractivity contribution in [3.8, 4) is 28.4 Å². The minimum atomic E-state index is 0.691. The molecular formula is C39H46O3. The van der Waals surface area contributed by atoms with E-state index in [1.54, 1.807) is 0 Å². The zero-order valence-corrected chi connectivity index (χ0v) is 25.7. The van der Waals surface area contributed by atoms with E-state index in [2.05, 4.69) is 99.6 Å². The second-order valence-corrected chi connectivity index (χ2v) is 11.3. The van der Waals surface area contributed by atoms with Gasteiger partial charge in [0.25, 0.3) is 0 Å². The number of hydrogen-bond acceptors (Lipinski definition) is 3. The molecule has 0 amide bonds. The SMILES string of the molecule is CCCCCOc1cc(-c2c3ccccc3c(OCCCCC)c3ccccc23)c(OCCCCC)c2ccccc12. The summed E-state index contributed by atoms with van der Waals surface area (Å²) in [7, 11) is 0. The number of fused-ring (bicyclic) bond motifs is 3. The Morgan fingerprint density at radius 2 is 0.833 bits per heavy atom. The number of unbranched alkanes of at least 4 members (excludes halogenated alkanes) is 6. The van der Waals surface area contributed by atoms with Gasteiger partial charge in [0.2, 0.25) is 0 Å². The molecule has 0 saturated carbocycles. The van der Waals surface area contributed by atoms with Crippen LogP contribution in [0.25, 0.3) is 43.4 Å². The van der Waals surface area contributed by atoms with Gasteiger partial charge in [0.1, 0.15) is 17.2 Å². The van der Waals surface area contributed by atoms with E-state index in [1.807, 2.05) is 0 Å². The first kappa shape index (κ1) is 29.8. The summed E-state index contributed by atoms with van der Waals surface area (Å²) in [5.74, 6) is 2.84. The highest BCUT2D eigenvalue weighted by Crippen LogP contribution is 2.49. The molecule has 0 radical (unpaired) electrons. The van der Waals surface area contributed by atoms with Crippen molar-refractivity contribution in [1.82, 2.24) is 0 Å². The van der Waals surface area contributed by atoms with Crippen molar-refractivity contribution in [2.45, 2.75) is 78.6 Å². The van der Waals surface area contributed by atoms with Crippen LogP contribution in [-0.2, 0) is 0 Å². The summed E-state index contributed by atoms with van der Waals surface area (Å²) in [5, 5.41) is 6.83. The molecule has 0 N–H and O–H groups in total. The molecule has 0 aromatic heterocycles. The van der Waals surface area contributed by atoms with E-state index in [0.717, 1.165) is 83.1 Å². The third kappa shape index (κ3) is 6.51. The van der Waals surface area contributed by atoms with Crippen molar-refractivity contribution < 1.29 is 14.2 Å². The summed E-state index contributed by atoms with van der Waals surface area (Å²) in [4.78, 5) is 0. The monoisotopic (exact) mass is 562 g/mol. The Morgan fingerprint density at radius 1 is 0.429 bits per heavy atom. The number of rotatable bonds is 16. The first-order valence-corrected chi connectivity index (χ1v) is 16.2. The number of benzene rings is 5. The molecule has 3 heteroatoms. The van der Waals surface area contributed by atoms with E-state index in [4.69, 9.17) is 14.2 Å². The van der Waals surface area contributed by atoms with Crippen LogP contribution in [0.2, 0.25) is 0 Å². The third-order valence-electron chi connectivity index (χ3n) is 8.10. The molecule has 0 spiro atoms. The normalized spacial score (nSPS) is 11.4. The van der Waals surface area contributed by atoms with Crippen molar-refractivity contribution >= 4 is 32.3 Å². The predicted molar refractivity (Wildman–Crippen MR) is 179 cm³/mol. The molecule has 220 valence electrons. The maximum atomic E-state index is 6.74. The Balaban J connectivity index is 1.76. The van der Waals surface area contributed by atoms with Crippen LogP contribution >= 0.6 is 0 Å². The van der Waals surface area contributed by atoms with Crippen LogP contribution in [0.1, 0.15) is 78.6 Å². The van der Waals surface area contributed by atoms with Gasteiger partial charge in [-0.2, -0.15) is 0 Å². The van der Waals surface area contributed by atoms with Crippen LogP contribution in [0, 0.1) is 0 Å². The fourth-order valence-electron chi connectivity index (χ4n) is 5.90. The van der Waals surface area contributed by atoms with Crippen LogP contribution in [-0.4, -0.2) is 19.8 Å². The molecule has 0 aliphatic rings. The Labute approximate surface area is 251 Å². The van der Waals surface area contributed by atoms with E-state index in [0.29, 0.717) is 13.2 Å². The van der Waals surface area contributed by atoms with Crippen LogP contribution in [0.5, 0.6) is 17.2 Å². The van der Waals surface area contributed by atoms with Gasteiger partial charge in [-0.25, -0.2) is 0 Å². The van der Waals surface area contributed by atoms with E-state index < -0.39 is 0 Å². The Morgan fingerprint density at radius 3 is 1.33 bits per heavy atom. The highest BCUT2D eigenvalue weighted by molar-refractivity contribution is 6.19. The predicted octanol–water partition coefficient (Wildman–Crippen LogP) is 11.5. The number of hydrogen-bond donors (Lipinski definition) is 0. The smallest absolute Gasteiger partial charge is 0.135 e. The average molecular weight is 563 g/mol. The highest BCUT2D eigenvalue weighted by Gasteiger charge is 2.22. The molecule has 0 bridgehead atoms. The molecular weight excluding hydrogens is 516 g/mol. The summed E-state index contributed by atoms with van der Waals surface area (Å²) in [6, 6.07) is 28.1. The van der Waals surface area contributed by atoms with Crippen molar-refractivity contribution in [2.75, 3.05) is 19.8 Å². The molecule has 5 rings (SSSR count). The summed E-state index contributed by atoms with van der Waals surface area (Å²) < 4.78 is 19.8. The standard InChI is InChI=1S/C39H46O3/c1-4-7-16-25-40-36-28-35(39(42-27-18-9-6-3)32-22-13-10-19-29(32)36)37-30-20-11-14-23-33(30)38(41-26-17-8-5-2)34-24-15-12-21-31(34)37/h10-15,19-24,28H,4-9,16-18,25-27H2,1-3H3. The molecule has 5 aromatic carbocycles. The summed E-state index contributed by atoms with van der Waals surface area (Å²) in [6.07, 6.45) is 10.1. The molecule has 42 heavy (non-hydrogen) atoms. The van der Waals surface area contributed by atoms with Crippen molar-refractivity contribution in [1.29, 1.82) is 0 Å². The third-order valence-corrected chi connectivity index (χ3v) is 8.10. The first-order chi connectivity index (χ1) is 20.8. The lowest BCUT2D eigenvalue weighted by atomic mass is 9.89.